The Morgan fingerprint density at radius 3 is 2.81 bits per heavy atom. The molecule has 0 unspecified atom stereocenters. The van der Waals surface area contributed by atoms with Crippen LogP contribution in [-0.4, -0.2) is 60.5 Å². The lowest BCUT2D eigenvalue weighted by atomic mass is 10.1. The van der Waals surface area contributed by atoms with Crippen molar-refractivity contribution < 1.29 is 9.53 Å². The molecule has 0 saturated carbocycles. The summed E-state index contributed by atoms with van der Waals surface area (Å²) in [7, 11) is 1.94. The molecule has 1 amide bonds. The standard InChI is InChI=1S/C20H26N4O3/c1-22(10-8-17-6-3-2-4-7-17)18-14-19(25)24(21-15-18)16-20(26)23-9-5-12-27-13-11-23/h2-4,6-7,14-15H,5,8-13,16H2,1H3. The summed E-state index contributed by atoms with van der Waals surface area (Å²) >= 11 is 0. The Labute approximate surface area is 159 Å². The van der Waals surface area contributed by atoms with Gasteiger partial charge in [0.25, 0.3) is 5.56 Å². The van der Waals surface area contributed by atoms with Gasteiger partial charge in [0, 0.05) is 39.4 Å². The van der Waals surface area contributed by atoms with Crippen molar-refractivity contribution >= 4 is 11.6 Å². The van der Waals surface area contributed by atoms with E-state index in [1.165, 1.54) is 16.3 Å². The monoisotopic (exact) mass is 370 g/mol. The lowest BCUT2D eigenvalue weighted by molar-refractivity contribution is -0.132. The van der Waals surface area contributed by atoms with Gasteiger partial charge in [0.05, 0.1) is 18.5 Å². The second-order valence-corrected chi connectivity index (χ2v) is 6.71. The summed E-state index contributed by atoms with van der Waals surface area (Å²) in [6.07, 6.45) is 3.35. The van der Waals surface area contributed by atoms with Crippen LogP contribution in [0, 0.1) is 0 Å². The van der Waals surface area contributed by atoms with E-state index in [0.717, 1.165) is 25.1 Å². The molecule has 2 heterocycles. The van der Waals surface area contributed by atoms with E-state index in [1.807, 2.05) is 30.1 Å². The molecule has 144 valence electrons. The highest BCUT2D eigenvalue weighted by molar-refractivity contribution is 5.75. The third kappa shape index (κ3) is 5.40. The molecule has 1 aromatic heterocycles. The second kappa shape index (κ2) is 9.32. The van der Waals surface area contributed by atoms with E-state index in [0.29, 0.717) is 26.3 Å². The van der Waals surface area contributed by atoms with Crippen molar-refractivity contribution in [1.29, 1.82) is 0 Å². The minimum Gasteiger partial charge on any atom is -0.380 e. The van der Waals surface area contributed by atoms with Gasteiger partial charge >= 0.3 is 0 Å². The van der Waals surface area contributed by atoms with E-state index in [-0.39, 0.29) is 18.0 Å². The van der Waals surface area contributed by atoms with E-state index < -0.39 is 0 Å². The molecular weight excluding hydrogens is 344 g/mol. The lowest BCUT2D eigenvalue weighted by Crippen LogP contribution is -2.38. The summed E-state index contributed by atoms with van der Waals surface area (Å²) in [4.78, 5) is 28.5. The number of nitrogens with zero attached hydrogens (tertiary/aromatic N) is 4. The highest BCUT2D eigenvalue weighted by Gasteiger charge is 2.17. The predicted molar refractivity (Wildman–Crippen MR) is 104 cm³/mol. The van der Waals surface area contributed by atoms with Gasteiger partial charge < -0.3 is 14.5 Å². The van der Waals surface area contributed by atoms with Crippen LogP contribution in [0.1, 0.15) is 12.0 Å². The zero-order valence-electron chi connectivity index (χ0n) is 15.7. The fourth-order valence-corrected chi connectivity index (χ4v) is 3.05. The molecule has 27 heavy (non-hydrogen) atoms. The Morgan fingerprint density at radius 1 is 1.22 bits per heavy atom. The first-order valence-corrected chi connectivity index (χ1v) is 9.31. The Bertz CT molecular complexity index is 798. The summed E-state index contributed by atoms with van der Waals surface area (Å²) in [5.74, 6) is -0.0970. The van der Waals surface area contributed by atoms with E-state index in [1.54, 1.807) is 11.1 Å². The maximum atomic E-state index is 12.4. The molecule has 0 spiro atoms. The summed E-state index contributed by atoms with van der Waals surface area (Å²) in [5, 5.41) is 4.20. The molecule has 1 aromatic carbocycles. The molecule has 0 bridgehead atoms. The molecule has 0 aliphatic carbocycles. The van der Waals surface area contributed by atoms with Crippen LogP contribution in [-0.2, 0) is 22.5 Å². The molecule has 7 nitrogen and oxygen atoms in total. The number of hydrogen-bond acceptors (Lipinski definition) is 5. The first-order valence-electron chi connectivity index (χ1n) is 9.31. The van der Waals surface area contributed by atoms with Gasteiger partial charge in [-0.05, 0) is 18.4 Å². The molecular formula is C20H26N4O3. The van der Waals surface area contributed by atoms with Gasteiger partial charge in [0.15, 0.2) is 0 Å². The van der Waals surface area contributed by atoms with Gasteiger partial charge in [-0.25, -0.2) is 4.68 Å². The van der Waals surface area contributed by atoms with Crippen molar-refractivity contribution in [3.63, 3.8) is 0 Å². The minimum atomic E-state index is -0.265. The lowest BCUT2D eigenvalue weighted by Gasteiger charge is -2.21. The van der Waals surface area contributed by atoms with Gasteiger partial charge in [-0.2, -0.15) is 5.10 Å². The molecule has 1 saturated heterocycles. The van der Waals surface area contributed by atoms with Crippen molar-refractivity contribution in [2.75, 3.05) is 44.8 Å². The molecule has 7 heteroatoms. The molecule has 0 radical (unpaired) electrons. The first kappa shape index (κ1) is 19.1. The number of carbonyl (C=O) groups is 1. The summed E-state index contributed by atoms with van der Waals surface area (Å²) in [6, 6.07) is 11.7. The number of rotatable bonds is 6. The molecule has 1 aliphatic heterocycles. The van der Waals surface area contributed by atoms with Crippen LogP contribution >= 0.6 is 0 Å². The predicted octanol–water partition coefficient (Wildman–Crippen LogP) is 1.17. The summed E-state index contributed by atoms with van der Waals surface area (Å²) < 4.78 is 6.59. The van der Waals surface area contributed by atoms with E-state index >= 15 is 0 Å². The number of likely N-dealkylation sites (N-methyl/N-ethyl adjacent to an activating group) is 1. The Hall–Kier alpha value is -2.67. The third-order valence-corrected chi connectivity index (χ3v) is 4.73. The number of aromatic nitrogens is 2. The van der Waals surface area contributed by atoms with E-state index in [9.17, 15) is 9.59 Å². The fraction of sp³-hybridized carbons (Fsp3) is 0.450. The number of amides is 1. The average Bonchev–Trinajstić information content (AvgIpc) is 2.98. The first-order chi connectivity index (χ1) is 13.1. The molecule has 0 atom stereocenters. The van der Waals surface area contributed by atoms with Crippen molar-refractivity contribution in [2.24, 2.45) is 0 Å². The number of benzene rings is 1. The maximum absolute atomic E-state index is 12.4. The van der Waals surface area contributed by atoms with Crippen LogP contribution in [0.4, 0.5) is 5.69 Å². The normalized spacial score (nSPS) is 14.6. The topological polar surface area (TPSA) is 67.7 Å². The van der Waals surface area contributed by atoms with Crippen LogP contribution in [0.5, 0.6) is 0 Å². The van der Waals surface area contributed by atoms with Crippen LogP contribution in [0.2, 0.25) is 0 Å². The zero-order valence-corrected chi connectivity index (χ0v) is 15.7. The summed E-state index contributed by atoms with van der Waals surface area (Å²) in [5.41, 5.74) is 1.74. The van der Waals surface area contributed by atoms with Crippen molar-refractivity contribution in [3.05, 3.63) is 58.5 Å². The maximum Gasteiger partial charge on any atom is 0.269 e. The number of carbonyl (C=O) groups excluding carboxylic acids is 1. The Balaban J connectivity index is 1.59. The van der Waals surface area contributed by atoms with Gasteiger partial charge in [0.1, 0.15) is 6.54 Å². The highest BCUT2D eigenvalue weighted by Crippen LogP contribution is 2.09. The number of hydrogen-bond donors (Lipinski definition) is 0. The Kier molecular flexibility index (Phi) is 6.59. The summed E-state index contributed by atoms with van der Waals surface area (Å²) in [6.45, 7) is 3.18. The third-order valence-electron chi connectivity index (χ3n) is 4.73. The average molecular weight is 370 g/mol. The van der Waals surface area contributed by atoms with Crippen molar-refractivity contribution in [1.82, 2.24) is 14.7 Å². The molecule has 2 aromatic rings. The zero-order chi connectivity index (χ0) is 19.1. The van der Waals surface area contributed by atoms with Crippen LogP contribution in [0.3, 0.4) is 0 Å². The molecule has 1 aliphatic rings. The smallest absolute Gasteiger partial charge is 0.269 e. The fourth-order valence-electron chi connectivity index (χ4n) is 3.05. The molecule has 3 rings (SSSR count). The number of ether oxygens (including phenoxy) is 1. The van der Waals surface area contributed by atoms with Gasteiger partial charge in [0.2, 0.25) is 5.91 Å². The largest absolute Gasteiger partial charge is 0.380 e. The van der Waals surface area contributed by atoms with Gasteiger partial charge in [-0.3, -0.25) is 9.59 Å². The minimum absolute atomic E-state index is 0.0349. The molecule has 0 N–H and O–H groups in total. The van der Waals surface area contributed by atoms with Crippen molar-refractivity contribution in [3.8, 4) is 0 Å². The number of anilines is 1. The SMILES string of the molecule is CN(CCc1ccccc1)c1cnn(CC(=O)N2CCCOCC2)c(=O)c1. The van der Waals surface area contributed by atoms with E-state index in [4.69, 9.17) is 4.74 Å². The van der Waals surface area contributed by atoms with Crippen LogP contribution in [0.15, 0.2) is 47.4 Å². The van der Waals surface area contributed by atoms with Crippen molar-refractivity contribution in [2.45, 2.75) is 19.4 Å². The Morgan fingerprint density at radius 2 is 2.04 bits per heavy atom. The van der Waals surface area contributed by atoms with E-state index in [2.05, 4.69) is 17.2 Å². The van der Waals surface area contributed by atoms with Crippen LogP contribution < -0.4 is 10.5 Å². The van der Waals surface area contributed by atoms with Gasteiger partial charge in [-0.15, -0.1) is 0 Å². The van der Waals surface area contributed by atoms with Gasteiger partial charge in [-0.1, -0.05) is 30.3 Å². The quantitative estimate of drug-likeness (QED) is 0.764. The molecule has 1 fully saturated rings. The second-order valence-electron chi connectivity index (χ2n) is 6.71. The highest BCUT2D eigenvalue weighted by atomic mass is 16.5. The van der Waals surface area contributed by atoms with Crippen LogP contribution in [0.25, 0.3) is 0 Å².